The number of nitrogens with one attached hydrogen (secondary N) is 3. The SMILES string of the molecule is CC(NC(=O)C1(N)CCCCC1)c1ccc(NC(=O)NC2CC2)cc1.Cl. The number of rotatable bonds is 5. The molecule has 1 unspecified atom stereocenters. The van der Waals surface area contributed by atoms with Gasteiger partial charge in [-0.3, -0.25) is 4.79 Å². The Labute approximate surface area is 161 Å². The second kappa shape index (κ2) is 8.73. The fourth-order valence-electron chi connectivity index (χ4n) is 3.27. The molecule has 5 N–H and O–H groups in total. The van der Waals surface area contributed by atoms with Crippen molar-refractivity contribution < 1.29 is 9.59 Å². The van der Waals surface area contributed by atoms with Gasteiger partial charge in [0.2, 0.25) is 5.91 Å². The number of urea groups is 1. The number of anilines is 1. The highest BCUT2D eigenvalue weighted by Gasteiger charge is 2.35. The zero-order valence-corrected chi connectivity index (χ0v) is 16.0. The molecule has 6 nitrogen and oxygen atoms in total. The average Bonchev–Trinajstić information content (AvgIpc) is 3.40. The van der Waals surface area contributed by atoms with Crippen LogP contribution in [0.1, 0.15) is 63.5 Å². The Morgan fingerprint density at radius 2 is 1.73 bits per heavy atom. The van der Waals surface area contributed by atoms with Crippen molar-refractivity contribution in [2.24, 2.45) is 5.73 Å². The summed E-state index contributed by atoms with van der Waals surface area (Å²) in [5, 5.41) is 8.74. The molecule has 3 amide bonds. The molecule has 26 heavy (non-hydrogen) atoms. The predicted octanol–water partition coefficient (Wildman–Crippen LogP) is 3.23. The lowest BCUT2D eigenvalue weighted by molar-refractivity contribution is -0.128. The second-order valence-electron chi connectivity index (χ2n) is 7.41. The minimum Gasteiger partial charge on any atom is -0.348 e. The quantitative estimate of drug-likeness (QED) is 0.631. The van der Waals surface area contributed by atoms with Gasteiger partial charge in [-0.15, -0.1) is 12.4 Å². The van der Waals surface area contributed by atoms with Gasteiger partial charge in [-0.1, -0.05) is 31.4 Å². The fourth-order valence-corrected chi connectivity index (χ4v) is 3.27. The number of amides is 3. The average molecular weight is 381 g/mol. The van der Waals surface area contributed by atoms with Crippen LogP contribution < -0.4 is 21.7 Å². The molecule has 1 atom stereocenters. The van der Waals surface area contributed by atoms with Crippen molar-refractivity contribution in [1.29, 1.82) is 0 Å². The van der Waals surface area contributed by atoms with Gasteiger partial charge in [0.15, 0.2) is 0 Å². The topological polar surface area (TPSA) is 96.2 Å². The first-order chi connectivity index (χ1) is 12.0. The number of carbonyl (C=O) groups is 2. The molecule has 0 heterocycles. The van der Waals surface area contributed by atoms with Gasteiger partial charge in [0.1, 0.15) is 0 Å². The molecule has 2 aliphatic carbocycles. The summed E-state index contributed by atoms with van der Waals surface area (Å²) < 4.78 is 0. The molecule has 0 spiro atoms. The van der Waals surface area contributed by atoms with Gasteiger partial charge in [-0.05, 0) is 50.3 Å². The fraction of sp³-hybridized carbons (Fsp3) is 0.579. The monoisotopic (exact) mass is 380 g/mol. The van der Waals surface area contributed by atoms with Crippen LogP contribution in [0.15, 0.2) is 24.3 Å². The Morgan fingerprint density at radius 1 is 1.12 bits per heavy atom. The van der Waals surface area contributed by atoms with Crippen LogP contribution in [0.2, 0.25) is 0 Å². The lowest BCUT2D eigenvalue weighted by Crippen LogP contribution is -2.55. The molecular formula is C19H29ClN4O2. The first-order valence-corrected chi connectivity index (χ1v) is 9.24. The molecule has 1 aromatic rings. The lowest BCUT2D eigenvalue weighted by Gasteiger charge is -2.33. The molecule has 3 rings (SSSR count). The maximum atomic E-state index is 12.5. The minimum atomic E-state index is -0.727. The van der Waals surface area contributed by atoms with Gasteiger partial charge in [-0.25, -0.2) is 4.79 Å². The number of halogens is 1. The molecule has 1 aromatic carbocycles. The van der Waals surface area contributed by atoms with Crippen LogP contribution in [0.4, 0.5) is 10.5 Å². The second-order valence-corrected chi connectivity index (χ2v) is 7.41. The molecule has 2 fully saturated rings. The van der Waals surface area contributed by atoms with Gasteiger partial charge in [-0.2, -0.15) is 0 Å². The van der Waals surface area contributed by atoms with E-state index in [2.05, 4.69) is 16.0 Å². The maximum absolute atomic E-state index is 12.5. The smallest absolute Gasteiger partial charge is 0.319 e. The third-order valence-corrected chi connectivity index (χ3v) is 5.13. The van der Waals surface area contributed by atoms with Crippen LogP contribution in [-0.4, -0.2) is 23.5 Å². The molecule has 2 saturated carbocycles. The molecule has 7 heteroatoms. The van der Waals surface area contributed by atoms with E-state index in [1.54, 1.807) is 0 Å². The zero-order valence-electron chi connectivity index (χ0n) is 15.2. The molecule has 0 aliphatic heterocycles. The van der Waals surface area contributed by atoms with Crippen LogP contribution >= 0.6 is 12.4 Å². The van der Waals surface area contributed by atoms with Gasteiger partial charge >= 0.3 is 6.03 Å². The summed E-state index contributed by atoms with van der Waals surface area (Å²) in [6, 6.07) is 7.58. The first-order valence-electron chi connectivity index (χ1n) is 9.24. The Kier molecular flexibility index (Phi) is 6.89. The van der Waals surface area contributed by atoms with Crippen LogP contribution in [0.25, 0.3) is 0 Å². The standard InChI is InChI=1S/C19H28N4O2.ClH/c1-13(21-17(24)19(20)11-3-2-4-12-19)14-5-7-15(8-6-14)22-18(25)23-16-9-10-16;/h5-8,13,16H,2-4,9-12,20H2,1H3,(H,21,24)(H2,22,23,25);1H. The summed E-state index contributed by atoms with van der Waals surface area (Å²) in [6.45, 7) is 1.95. The van der Waals surface area contributed by atoms with Crippen molar-refractivity contribution in [3.05, 3.63) is 29.8 Å². The molecule has 0 radical (unpaired) electrons. The van der Waals surface area contributed by atoms with Gasteiger partial charge < -0.3 is 21.7 Å². The third-order valence-electron chi connectivity index (χ3n) is 5.13. The van der Waals surface area contributed by atoms with E-state index in [9.17, 15) is 9.59 Å². The van der Waals surface area contributed by atoms with Gasteiger partial charge in [0.05, 0.1) is 11.6 Å². The summed E-state index contributed by atoms with van der Waals surface area (Å²) in [4.78, 5) is 24.3. The third kappa shape index (κ3) is 5.35. The molecule has 144 valence electrons. The van der Waals surface area contributed by atoms with E-state index < -0.39 is 5.54 Å². The van der Waals surface area contributed by atoms with E-state index in [0.29, 0.717) is 6.04 Å². The molecular weight excluding hydrogens is 352 g/mol. The summed E-state index contributed by atoms with van der Waals surface area (Å²) in [5.41, 5.74) is 7.28. The maximum Gasteiger partial charge on any atom is 0.319 e. The van der Waals surface area contributed by atoms with Crippen LogP contribution in [0.3, 0.4) is 0 Å². The Morgan fingerprint density at radius 3 is 2.31 bits per heavy atom. The van der Waals surface area contributed by atoms with Crippen molar-refractivity contribution in [2.75, 3.05) is 5.32 Å². The van der Waals surface area contributed by atoms with E-state index in [0.717, 1.165) is 56.2 Å². The zero-order chi connectivity index (χ0) is 17.9. The highest BCUT2D eigenvalue weighted by Crippen LogP contribution is 2.27. The minimum absolute atomic E-state index is 0. The number of nitrogens with two attached hydrogens (primary N) is 1. The van der Waals surface area contributed by atoms with Crippen LogP contribution in [0.5, 0.6) is 0 Å². The van der Waals surface area contributed by atoms with Crippen molar-refractivity contribution in [1.82, 2.24) is 10.6 Å². The highest BCUT2D eigenvalue weighted by molar-refractivity contribution is 5.89. The largest absolute Gasteiger partial charge is 0.348 e. The summed E-state index contributed by atoms with van der Waals surface area (Å²) in [7, 11) is 0. The van der Waals surface area contributed by atoms with E-state index in [1.165, 1.54) is 0 Å². The van der Waals surface area contributed by atoms with E-state index in [4.69, 9.17) is 5.73 Å². The molecule has 2 aliphatic rings. The number of benzene rings is 1. The van der Waals surface area contributed by atoms with Crippen molar-refractivity contribution in [2.45, 2.75) is 69.5 Å². The lowest BCUT2D eigenvalue weighted by atomic mass is 9.81. The van der Waals surface area contributed by atoms with E-state index in [1.807, 2.05) is 31.2 Å². The Balaban J connectivity index is 0.00000243. The molecule has 0 bridgehead atoms. The molecule has 0 aromatic heterocycles. The van der Waals surface area contributed by atoms with Crippen molar-refractivity contribution in [3.63, 3.8) is 0 Å². The predicted molar refractivity (Wildman–Crippen MR) is 105 cm³/mol. The van der Waals surface area contributed by atoms with Crippen LogP contribution in [-0.2, 0) is 4.79 Å². The normalized spacial score (nSPS) is 19.6. The van der Waals surface area contributed by atoms with E-state index in [-0.39, 0.29) is 30.4 Å². The van der Waals surface area contributed by atoms with Crippen molar-refractivity contribution >= 4 is 30.0 Å². The number of carbonyl (C=O) groups excluding carboxylic acids is 2. The summed E-state index contributed by atoms with van der Waals surface area (Å²) in [5.74, 6) is -0.0642. The van der Waals surface area contributed by atoms with E-state index >= 15 is 0 Å². The summed E-state index contributed by atoms with van der Waals surface area (Å²) >= 11 is 0. The summed E-state index contributed by atoms with van der Waals surface area (Å²) in [6.07, 6.45) is 6.82. The highest BCUT2D eigenvalue weighted by atomic mass is 35.5. The van der Waals surface area contributed by atoms with Crippen LogP contribution in [0, 0.1) is 0 Å². The first kappa shape index (κ1) is 20.5. The number of hydrogen-bond acceptors (Lipinski definition) is 3. The molecule has 0 saturated heterocycles. The van der Waals surface area contributed by atoms with Gasteiger partial charge in [0.25, 0.3) is 0 Å². The Hall–Kier alpha value is -1.79. The number of hydrogen-bond donors (Lipinski definition) is 4. The van der Waals surface area contributed by atoms with Crippen molar-refractivity contribution in [3.8, 4) is 0 Å². The Bertz CT molecular complexity index is 625. The van der Waals surface area contributed by atoms with Gasteiger partial charge in [0, 0.05) is 11.7 Å².